The van der Waals surface area contributed by atoms with E-state index >= 15 is 0 Å². The topological polar surface area (TPSA) is 109 Å². The number of carbonyl (C=O) groups is 2. The lowest BCUT2D eigenvalue weighted by Crippen LogP contribution is -2.29. The third kappa shape index (κ3) is 5.22. The van der Waals surface area contributed by atoms with Crippen LogP contribution in [0.3, 0.4) is 0 Å². The summed E-state index contributed by atoms with van der Waals surface area (Å²) in [5.74, 6) is -0.776. The number of ketones is 1. The number of aromatic hydroxyl groups is 1. The van der Waals surface area contributed by atoms with E-state index in [1.165, 1.54) is 30.4 Å². The molecule has 0 bridgehead atoms. The first-order chi connectivity index (χ1) is 18.9. The molecule has 1 saturated heterocycles. The lowest BCUT2D eigenvalue weighted by Gasteiger charge is -2.25. The Labute approximate surface area is 225 Å². The molecular formula is C31H27NO7. The molecule has 1 amide bonds. The largest absolute Gasteiger partial charge is 0.507 e. The van der Waals surface area contributed by atoms with E-state index in [2.05, 4.69) is 0 Å². The van der Waals surface area contributed by atoms with Crippen LogP contribution in [-0.2, 0) is 22.7 Å². The fourth-order valence-corrected chi connectivity index (χ4v) is 4.66. The summed E-state index contributed by atoms with van der Waals surface area (Å²) in [5, 5.41) is 21.4. The van der Waals surface area contributed by atoms with E-state index in [9.17, 15) is 19.8 Å². The highest BCUT2D eigenvalue weighted by Gasteiger charge is 2.46. The van der Waals surface area contributed by atoms with Crippen LogP contribution in [0.15, 0.2) is 95.1 Å². The molecule has 1 aliphatic rings. The second-order valence-corrected chi connectivity index (χ2v) is 9.24. The quantitative estimate of drug-likeness (QED) is 0.178. The highest BCUT2D eigenvalue weighted by Crippen LogP contribution is 2.42. The predicted octanol–water partition coefficient (Wildman–Crippen LogP) is 5.50. The molecule has 2 N–H and O–H groups in total. The van der Waals surface area contributed by atoms with Crippen molar-refractivity contribution in [1.82, 2.24) is 4.90 Å². The number of rotatable bonds is 8. The van der Waals surface area contributed by atoms with Crippen LogP contribution in [0.4, 0.5) is 0 Å². The van der Waals surface area contributed by atoms with Crippen molar-refractivity contribution in [3.05, 3.63) is 119 Å². The minimum atomic E-state index is -0.943. The summed E-state index contributed by atoms with van der Waals surface area (Å²) >= 11 is 0. The molecule has 0 aliphatic carbocycles. The lowest BCUT2D eigenvalue weighted by atomic mass is 9.95. The van der Waals surface area contributed by atoms with Gasteiger partial charge in [-0.25, -0.2) is 0 Å². The SMILES string of the molecule is COc1cc(C2/C(=C(/O)c3ccc(OCc4cccc(C)c4)cc3)C(=O)C(=O)N2Cc2ccco2)ccc1O. The van der Waals surface area contributed by atoms with Gasteiger partial charge in [0.1, 0.15) is 23.9 Å². The molecule has 1 unspecified atom stereocenters. The van der Waals surface area contributed by atoms with Crippen molar-refractivity contribution in [2.75, 3.05) is 7.11 Å². The highest BCUT2D eigenvalue weighted by atomic mass is 16.5. The Morgan fingerprint density at radius 2 is 1.79 bits per heavy atom. The van der Waals surface area contributed by atoms with Gasteiger partial charge in [-0.05, 0) is 66.6 Å². The van der Waals surface area contributed by atoms with E-state index < -0.39 is 17.7 Å². The molecule has 1 fully saturated rings. The van der Waals surface area contributed by atoms with Gasteiger partial charge in [0.2, 0.25) is 0 Å². The Hall–Kier alpha value is -4.98. The van der Waals surface area contributed by atoms with Crippen LogP contribution in [0.2, 0.25) is 0 Å². The van der Waals surface area contributed by atoms with Gasteiger partial charge < -0.3 is 29.0 Å². The van der Waals surface area contributed by atoms with Gasteiger partial charge >= 0.3 is 0 Å². The molecule has 5 rings (SSSR count). The normalized spacial score (nSPS) is 16.5. The van der Waals surface area contributed by atoms with Crippen LogP contribution in [0, 0.1) is 6.92 Å². The van der Waals surface area contributed by atoms with Crippen molar-refractivity contribution >= 4 is 17.4 Å². The molecule has 1 aromatic heterocycles. The molecule has 198 valence electrons. The molecule has 8 nitrogen and oxygen atoms in total. The maximum absolute atomic E-state index is 13.3. The van der Waals surface area contributed by atoms with Gasteiger partial charge in [-0.3, -0.25) is 9.59 Å². The molecule has 0 radical (unpaired) electrons. The zero-order valence-corrected chi connectivity index (χ0v) is 21.5. The number of phenols is 1. The van der Waals surface area contributed by atoms with Gasteiger partial charge in [0, 0.05) is 5.56 Å². The Morgan fingerprint density at radius 1 is 1.00 bits per heavy atom. The Kier molecular flexibility index (Phi) is 7.10. The zero-order valence-electron chi connectivity index (χ0n) is 21.5. The number of Topliss-reactive ketones (excluding diaryl/α,β-unsaturated/α-hetero) is 1. The van der Waals surface area contributed by atoms with Crippen molar-refractivity contribution < 1.29 is 33.7 Å². The number of aliphatic hydroxyl groups excluding tert-OH is 1. The molecular weight excluding hydrogens is 498 g/mol. The van der Waals surface area contributed by atoms with E-state index in [0.29, 0.717) is 29.2 Å². The molecule has 3 aromatic carbocycles. The minimum Gasteiger partial charge on any atom is -0.507 e. The number of nitrogens with zero attached hydrogens (tertiary/aromatic N) is 1. The summed E-state index contributed by atoms with van der Waals surface area (Å²) in [6.07, 6.45) is 1.48. The van der Waals surface area contributed by atoms with Gasteiger partial charge in [-0.1, -0.05) is 35.9 Å². The average molecular weight is 526 g/mol. The molecule has 1 aliphatic heterocycles. The number of hydrogen-bond donors (Lipinski definition) is 2. The monoisotopic (exact) mass is 525 g/mol. The summed E-state index contributed by atoms with van der Waals surface area (Å²) in [7, 11) is 1.40. The standard InChI is InChI=1S/C31H27NO7/c1-19-5-3-6-20(15-19)18-39-23-11-8-21(9-12-23)29(34)27-28(22-10-13-25(33)26(16-22)37-2)32(31(36)30(27)35)17-24-7-4-14-38-24/h3-16,28,33-34H,17-18H2,1-2H3/b29-27-. The van der Waals surface area contributed by atoms with Crippen molar-refractivity contribution in [2.45, 2.75) is 26.1 Å². The first kappa shape index (κ1) is 25.7. The predicted molar refractivity (Wildman–Crippen MR) is 143 cm³/mol. The first-order valence-corrected chi connectivity index (χ1v) is 12.3. The number of furan rings is 1. The third-order valence-corrected chi connectivity index (χ3v) is 6.58. The van der Waals surface area contributed by atoms with Crippen LogP contribution in [0.5, 0.6) is 17.2 Å². The van der Waals surface area contributed by atoms with E-state index in [-0.39, 0.29) is 29.4 Å². The number of ether oxygens (including phenoxy) is 2. The molecule has 0 saturated carbocycles. The Morgan fingerprint density at radius 3 is 2.49 bits per heavy atom. The fourth-order valence-electron chi connectivity index (χ4n) is 4.66. The summed E-state index contributed by atoms with van der Waals surface area (Å²) in [4.78, 5) is 27.8. The van der Waals surface area contributed by atoms with E-state index in [0.717, 1.165) is 11.1 Å². The van der Waals surface area contributed by atoms with Crippen molar-refractivity contribution in [1.29, 1.82) is 0 Å². The van der Waals surface area contributed by atoms with E-state index in [1.807, 2.05) is 31.2 Å². The number of aliphatic hydroxyl groups is 1. The summed E-state index contributed by atoms with van der Waals surface area (Å²) in [5.41, 5.74) is 2.93. The fraction of sp³-hybridized carbons (Fsp3) is 0.161. The smallest absolute Gasteiger partial charge is 0.296 e. The van der Waals surface area contributed by atoms with Crippen LogP contribution in [0.25, 0.3) is 5.76 Å². The van der Waals surface area contributed by atoms with E-state index in [1.54, 1.807) is 42.5 Å². The molecule has 2 heterocycles. The molecule has 39 heavy (non-hydrogen) atoms. The zero-order chi connectivity index (χ0) is 27.5. The van der Waals surface area contributed by atoms with Gasteiger partial charge in [-0.15, -0.1) is 0 Å². The van der Waals surface area contributed by atoms with Crippen LogP contribution in [0.1, 0.15) is 34.1 Å². The van der Waals surface area contributed by atoms with Gasteiger partial charge in [-0.2, -0.15) is 0 Å². The van der Waals surface area contributed by atoms with Gasteiger partial charge in [0.05, 0.1) is 31.5 Å². The van der Waals surface area contributed by atoms with Crippen LogP contribution < -0.4 is 9.47 Å². The number of benzene rings is 3. The van der Waals surface area contributed by atoms with E-state index in [4.69, 9.17) is 13.9 Å². The van der Waals surface area contributed by atoms with Crippen molar-refractivity contribution in [2.24, 2.45) is 0 Å². The Bertz CT molecular complexity index is 1540. The summed E-state index contributed by atoms with van der Waals surface area (Å²) in [6, 6.07) is 21.6. The van der Waals surface area contributed by atoms with Gasteiger partial charge in [0.25, 0.3) is 11.7 Å². The van der Waals surface area contributed by atoms with Crippen LogP contribution in [-0.4, -0.2) is 33.9 Å². The van der Waals surface area contributed by atoms with Crippen molar-refractivity contribution in [3.8, 4) is 17.2 Å². The highest BCUT2D eigenvalue weighted by molar-refractivity contribution is 6.46. The molecule has 0 spiro atoms. The third-order valence-electron chi connectivity index (χ3n) is 6.58. The number of carbonyl (C=O) groups excluding carboxylic acids is 2. The minimum absolute atomic E-state index is 0.00789. The number of amides is 1. The summed E-state index contributed by atoms with van der Waals surface area (Å²) < 4.78 is 16.5. The first-order valence-electron chi connectivity index (χ1n) is 12.3. The summed E-state index contributed by atoms with van der Waals surface area (Å²) in [6.45, 7) is 2.41. The number of likely N-dealkylation sites (tertiary alicyclic amines) is 1. The number of hydrogen-bond acceptors (Lipinski definition) is 7. The number of aryl methyl sites for hydroxylation is 1. The van der Waals surface area contributed by atoms with Gasteiger partial charge in [0.15, 0.2) is 11.5 Å². The maximum Gasteiger partial charge on any atom is 0.296 e. The number of phenolic OH excluding ortho intramolecular Hbond substituents is 1. The molecule has 4 aromatic rings. The van der Waals surface area contributed by atoms with Crippen molar-refractivity contribution in [3.63, 3.8) is 0 Å². The lowest BCUT2D eigenvalue weighted by molar-refractivity contribution is -0.140. The second-order valence-electron chi connectivity index (χ2n) is 9.24. The molecule has 1 atom stereocenters. The number of methoxy groups -OCH3 is 1. The maximum atomic E-state index is 13.3. The average Bonchev–Trinajstić information content (AvgIpc) is 3.55. The Balaban J connectivity index is 1.49. The second kappa shape index (κ2) is 10.8. The molecule has 8 heteroatoms. The van der Waals surface area contributed by atoms with Crippen LogP contribution >= 0.6 is 0 Å².